The topological polar surface area (TPSA) is 53.6 Å². The highest BCUT2D eigenvalue weighted by Crippen LogP contribution is 2.19. The summed E-state index contributed by atoms with van der Waals surface area (Å²) in [6.45, 7) is 7.00. The zero-order valence-electron chi connectivity index (χ0n) is 17.4. The minimum Gasteiger partial charge on any atom is -0.379 e. The van der Waals surface area contributed by atoms with Gasteiger partial charge >= 0.3 is 0 Å². The molecule has 1 unspecified atom stereocenters. The fourth-order valence-electron chi connectivity index (χ4n) is 3.76. The van der Waals surface area contributed by atoms with Gasteiger partial charge in [0.25, 0.3) is 0 Å². The number of nitrogens with one attached hydrogen (secondary N) is 2. The van der Waals surface area contributed by atoms with Crippen molar-refractivity contribution in [2.75, 3.05) is 31.6 Å². The predicted octanol–water partition coefficient (Wildman–Crippen LogP) is 3.79. The van der Waals surface area contributed by atoms with Crippen LogP contribution in [-0.4, -0.2) is 43.2 Å². The van der Waals surface area contributed by atoms with E-state index in [1.54, 1.807) is 0 Å². The monoisotopic (exact) mass is 403 g/mol. The molecule has 2 N–H and O–H groups in total. The zero-order chi connectivity index (χ0) is 20.8. The largest absolute Gasteiger partial charge is 0.379 e. The lowest BCUT2D eigenvalue weighted by Crippen LogP contribution is -2.38. The molecule has 0 aromatic heterocycles. The Balaban J connectivity index is 1.34. The Morgan fingerprint density at radius 2 is 1.67 bits per heavy atom. The molecule has 5 heteroatoms. The maximum Gasteiger partial charge on any atom is 0.241 e. The van der Waals surface area contributed by atoms with Gasteiger partial charge in [0.05, 0.1) is 19.3 Å². The van der Waals surface area contributed by atoms with Gasteiger partial charge in [-0.1, -0.05) is 54.6 Å². The number of rotatable bonds is 7. The fraction of sp³-hybridized carbons (Fsp3) is 0.320. The minimum absolute atomic E-state index is 0.0315. The standard InChI is InChI=1S/C25H29N3O2/c1-19(25(29)27-24-11-10-20-6-2-3-7-21(20)16-24)26-17-22-8-4-5-9-23(22)18-28-12-14-30-15-13-28/h2-11,16,19,26H,12-15,17-18H2,1H3,(H,27,29). The van der Waals surface area contributed by atoms with Crippen LogP contribution in [0.15, 0.2) is 66.7 Å². The van der Waals surface area contributed by atoms with Crippen molar-refractivity contribution in [3.8, 4) is 0 Å². The first-order chi connectivity index (χ1) is 14.7. The molecule has 0 radical (unpaired) electrons. The molecule has 5 nitrogen and oxygen atoms in total. The van der Waals surface area contributed by atoms with Gasteiger partial charge in [-0.05, 0) is 41.0 Å². The molecule has 1 amide bonds. The quantitative estimate of drug-likeness (QED) is 0.630. The smallest absolute Gasteiger partial charge is 0.241 e. The molecule has 156 valence electrons. The SMILES string of the molecule is CC(NCc1ccccc1CN1CCOCC1)C(=O)Nc1ccc2ccccc2c1. The lowest BCUT2D eigenvalue weighted by Gasteiger charge is -2.27. The van der Waals surface area contributed by atoms with E-state index >= 15 is 0 Å². The first-order valence-corrected chi connectivity index (χ1v) is 10.6. The first-order valence-electron chi connectivity index (χ1n) is 10.6. The van der Waals surface area contributed by atoms with E-state index in [1.165, 1.54) is 16.5 Å². The average molecular weight is 404 g/mol. The molecular weight excluding hydrogens is 374 g/mol. The highest BCUT2D eigenvalue weighted by atomic mass is 16.5. The molecule has 1 fully saturated rings. The van der Waals surface area contributed by atoms with E-state index in [1.807, 2.05) is 37.3 Å². The van der Waals surface area contributed by atoms with Crippen molar-refractivity contribution in [3.05, 3.63) is 77.9 Å². The van der Waals surface area contributed by atoms with Gasteiger partial charge in [0.2, 0.25) is 5.91 Å². The molecule has 0 saturated carbocycles. The van der Waals surface area contributed by atoms with E-state index in [4.69, 9.17) is 4.74 Å². The number of amides is 1. The van der Waals surface area contributed by atoms with Crippen molar-refractivity contribution in [2.45, 2.75) is 26.1 Å². The number of fused-ring (bicyclic) bond motifs is 1. The number of hydrogen-bond acceptors (Lipinski definition) is 4. The van der Waals surface area contributed by atoms with Crippen molar-refractivity contribution in [2.24, 2.45) is 0 Å². The Morgan fingerprint density at radius 1 is 0.967 bits per heavy atom. The number of morpholine rings is 1. The predicted molar refractivity (Wildman–Crippen MR) is 121 cm³/mol. The maximum atomic E-state index is 12.7. The summed E-state index contributed by atoms with van der Waals surface area (Å²) in [5, 5.41) is 8.69. The normalized spacial score (nSPS) is 15.8. The summed E-state index contributed by atoms with van der Waals surface area (Å²) in [5.74, 6) is -0.0315. The van der Waals surface area contributed by atoms with E-state index in [0.29, 0.717) is 6.54 Å². The number of anilines is 1. The van der Waals surface area contributed by atoms with Crippen LogP contribution in [0.2, 0.25) is 0 Å². The van der Waals surface area contributed by atoms with Crippen LogP contribution in [0.3, 0.4) is 0 Å². The molecule has 3 aromatic rings. The van der Waals surface area contributed by atoms with Gasteiger partial charge in [-0.25, -0.2) is 0 Å². The van der Waals surface area contributed by atoms with E-state index < -0.39 is 0 Å². The summed E-state index contributed by atoms with van der Waals surface area (Å²) >= 11 is 0. The lowest BCUT2D eigenvalue weighted by molar-refractivity contribution is -0.117. The number of carbonyl (C=O) groups is 1. The number of nitrogens with zero attached hydrogens (tertiary/aromatic N) is 1. The molecule has 1 heterocycles. The summed E-state index contributed by atoms with van der Waals surface area (Å²) in [5.41, 5.74) is 3.35. The Labute approximate surface area is 178 Å². The third-order valence-electron chi connectivity index (χ3n) is 5.63. The summed E-state index contributed by atoms with van der Waals surface area (Å²) in [4.78, 5) is 15.1. The van der Waals surface area contributed by atoms with Crippen LogP contribution >= 0.6 is 0 Å². The van der Waals surface area contributed by atoms with Crippen LogP contribution in [0, 0.1) is 0 Å². The third-order valence-corrected chi connectivity index (χ3v) is 5.63. The molecular formula is C25H29N3O2. The molecule has 4 rings (SSSR count). The lowest BCUT2D eigenvalue weighted by atomic mass is 10.1. The Kier molecular flexibility index (Phi) is 6.74. The minimum atomic E-state index is -0.298. The van der Waals surface area contributed by atoms with E-state index in [-0.39, 0.29) is 11.9 Å². The van der Waals surface area contributed by atoms with Crippen LogP contribution in [0.25, 0.3) is 10.8 Å². The van der Waals surface area contributed by atoms with Crippen molar-refractivity contribution < 1.29 is 9.53 Å². The molecule has 1 saturated heterocycles. The zero-order valence-corrected chi connectivity index (χ0v) is 17.4. The number of carbonyl (C=O) groups excluding carboxylic acids is 1. The van der Waals surface area contributed by atoms with Crippen LogP contribution in [-0.2, 0) is 22.6 Å². The molecule has 1 aliphatic heterocycles. The number of benzene rings is 3. The molecule has 1 atom stereocenters. The first kappa shape index (κ1) is 20.5. The van der Waals surface area contributed by atoms with Gasteiger partial charge in [0.1, 0.15) is 0 Å². The Morgan fingerprint density at radius 3 is 2.47 bits per heavy atom. The second-order valence-corrected chi connectivity index (χ2v) is 7.81. The highest BCUT2D eigenvalue weighted by molar-refractivity contribution is 5.97. The molecule has 0 bridgehead atoms. The van der Waals surface area contributed by atoms with Crippen LogP contribution in [0.4, 0.5) is 5.69 Å². The Hall–Kier alpha value is -2.73. The second-order valence-electron chi connectivity index (χ2n) is 7.81. The van der Waals surface area contributed by atoms with Crippen molar-refractivity contribution in [3.63, 3.8) is 0 Å². The molecule has 3 aromatic carbocycles. The van der Waals surface area contributed by atoms with Gasteiger partial charge < -0.3 is 15.4 Å². The van der Waals surface area contributed by atoms with Gasteiger partial charge in [-0.2, -0.15) is 0 Å². The van der Waals surface area contributed by atoms with E-state index in [2.05, 4.69) is 51.9 Å². The summed E-state index contributed by atoms with van der Waals surface area (Å²) in [7, 11) is 0. The van der Waals surface area contributed by atoms with Crippen LogP contribution in [0.1, 0.15) is 18.1 Å². The maximum absolute atomic E-state index is 12.7. The van der Waals surface area contributed by atoms with E-state index in [9.17, 15) is 4.79 Å². The summed E-state index contributed by atoms with van der Waals surface area (Å²) < 4.78 is 5.45. The fourth-order valence-corrected chi connectivity index (χ4v) is 3.76. The number of ether oxygens (including phenoxy) is 1. The summed E-state index contributed by atoms with van der Waals surface area (Å²) in [6, 6.07) is 22.3. The average Bonchev–Trinajstić information content (AvgIpc) is 2.79. The molecule has 30 heavy (non-hydrogen) atoms. The highest BCUT2D eigenvalue weighted by Gasteiger charge is 2.15. The molecule has 0 spiro atoms. The van der Waals surface area contributed by atoms with Crippen molar-refractivity contribution >= 4 is 22.4 Å². The summed E-state index contributed by atoms with van der Waals surface area (Å²) in [6.07, 6.45) is 0. The van der Waals surface area contributed by atoms with E-state index in [0.717, 1.165) is 43.9 Å². The van der Waals surface area contributed by atoms with Crippen molar-refractivity contribution in [1.29, 1.82) is 0 Å². The van der Waals surface area contributed by atoms with Crippen LogP contribution in [0.5, 0.6) is 0 Å². The molecule has 0 aliphatic carbocycles. The van der Waals surface area contributed by atoms with Crippen LogP contribution < -0.4 is 10.6 Å². The van der Waals surface area contributed by atoms with Gasteiger partial charge in [-0.15, -0.1) is 0 Å². The third kappa shape index (κ3) is 5.25. The Bertz CT molecular complexity index is 998. The molecule has 1 aliphatic rings. The van der Waals surface area contributed by atoms with Gasteiger partial charge in [0.15, 0.2) is 0 Å². The van der Waals surface area contributed by atoms with Crippen molar-refractivity contribution in [1.82, 2.24) is 10.2 Å². The second kappa shape index (κ2) is 9.85. The van der Waals surface area contributed by atoms with Gasteiger partial charge in [0, 0.05) is 31.9 Å². The number of hydrogen-bond donors (Lipinski definition) is 2. The van der Waals surface area contributed by atoms with Gasteiger partial charge in [-0.3, -0.25) is 9.69 Å².